The number of cyclic esters (lactones) is 1. The van der Waals surface area contributed by atoms with E-state index < -0.39 is 35.9 Å². The molecule has 1 heterocycles. The van der Waals surface area contributed by atoms with Crippen LogP contribution in [0.2, 0.25) is 0 Å². The van der Waals surface area contributed by atoms with Gasteiger partial charge in [-0.1, -0.05) is 39.0 Å². The van der Waals surface area contributed by atoms with Gasteiger partial charge < -0.3 is 25.2 Å². The molecule has 0 bridgehead atoms. The van der Waals surface area contributed by atoms with Crippen LogP contribution in [0.5, 0.6) is 0 Å². The highest BCUT2D eigenvalue weighted by atomic mass is 16.6. The van der Waals surface area contributed by atoms with Crippen LogP contribution in [0.15, 0.2) is 0 Å². The van der Waals surface area contributed by atoms with Crippen LogP contribution in [0.4, 0.5) is 0 Å². The number of rotatable bonds is 9. The van der Waals surface area contributed by atoms with E-state index >= 15 is 0 Å². The van der Waals surface area contributed by atoms with Crippen LogP contribution in [0.1, 0.15) is 51.9 Å². The first-order valence-corrected chi connectivity index (χ1v) is 7.37. The minimum absolute atomic E-state index is 0.143. The molecule has 4 N–H and O–H groups in total. The molecule has 4 atom stereocenters. The highest BCUT2D eigenvalue weighted by molar-refractivity contribution is 5.83. The van der Waals surface area contributed by atoms with E-state index in [0.29, 0.717) is 6.42 Å². The molecule has 7 nitrogen and oxygen atoms in total. The number of hydrogen-bond donors (Lipinski definition) is 4. The summed E-state index contributed by atoms with van der Waals surface area (Å²) in [5, 5.41) is 38.4. The van der Waals surface area contributed by atoms with Gasteiger partial charge in [0.05, 0.1) is 0 Å². The summed E-state index contributed by atoms with van der Waals surface area (Å²) in [6, 6.07) is 0. The standard InChI is InChI=1S/C14H24O7/c1-2-3-4-5-6-7-8-14(20,13(18)19)11-9(15)10(16)12(17)21-11/h9-11,15-16,20H,2-8H2,1H3,(H,18,19)/t9-,10+,11+,14-/m1/s1. The Bertz CT molecular complexity index is 370. The van der Waals surface area contributed by atoms with Crippen LogP contribution in [0.25, 0.3) is 0 Å². The number of unbranched alkanes of at least 4 members (excludes halogenated alkanes) is 5. The summed E-state index contributed by atoms with van der Waals surface area (Å²) in [4.78, 5) is 22.5. The number of hydrogen-bond acceptors (Lipinski definition) is 6. The summed E-state index contributed by atoms with van der Waals surface area (Å²) < 4.78 is 4.64. The van der Waals surface area contributed by atoms with Crippen molar-refractivity contribution in [2.45, 2.75) is 75.8 Å². The number of carboxylic acids is 1. The van der Waals surface area contributed by atoms with Crippen LogP contribution in [-0.2, 0) is 14.3 Å². The van der Waals surface area contributed by atoms with E-state index in [1.807, 2.05) is 0 Å². The van der Waals surface area contributed by atoms with Crippen molar-refractivity contribution in [3.8, 4) is 0 Å². The number of aliphatic carboxylic acids is 1. The zero-order chi connectivity index (χ0) is 16.0. The molecule has 1 aliphatic heterocycles. The summed E-state index contributed by atoms with van der Waals surface area (Å²) in [7, 11) is 0. The molecule has 0 unspecified atom stereocenters. The van der Waals surface area contributed by atoms with Gasteiger partial charge in [0.25, 0.3) is 0 Å². The van der Waals surface area contributed by atoms with Crippen molar-refractivity contribution in [2.75, 3.05) is 0 Å². The van der Waals surface area contributed by atoms with Gasteiger partial charge in [-0.25, -0.2) is 9.59 Å². The van der Waals surface area contributed by atoms with E-state index in [-0.39, 0.29) is 6.42 Å². The van der Waals surface area contributed by atoms with E-state index in [1.54, 1.807) is 0 Å². The van der Waals surface area contributed by atoms with Gasteiger partial charge in [0.1, 0.15) is 6.10 Å². The van der Waals surface area contributed by atoms with Crippen LogP contribution in [-0.4, -0.2) is 56.3 Å². The first kappa shape index (κ1) is 17.9. The zero-order valence-corrected chi connectivity index (χ0v) is 12.2. The minimum Gasteiger partial charge on any atom is -0.479 e. The number of ether oxygens (including phenoxy) is 1. The van der Waals surface area contributed by atoms with Gasteiger partial charge in [0.15, 0.2) is 12.2 Å². The molecule has 0 aliphatic carbocycles. The second-order valence-electron chi connectivity index (χ2n) is 5.54. The lowest BCUT2D eigenvalue weighted by Gasteiger charge is -2.30. The molecule has 0 aromatic carbocycles. The Hall–Kier alpha value is -1.18. The van der Waals surface area contributed by atoms with Gasteiger partial charge in [-0.05, 0) is 12.8 Å². The normalized spacial score (nSPS) is 28.2. The molecule has 0 aromatic heterocycles. The number of carboxylic acid groups (broad SMARTS) is 1. The van der Waals surface area contributed by atoms with Crippen molar-refractivity contribution < 1.29 is 34.8 Å². The first-order valence-electron chi connectivity index (χ1n) is 7.37. The SMILES string of the molecule is CCCCCCCC[C@](O)(C(=O)O)[C@H]1OC(=O)[C@@H](O)[C@H]1O. The highest BCUT2D eigenvalue weighted by Gasteiger charge is 2.57. The Labute approximate surface area is 123 Å². The van der Waals surface area contributed by atoms with Gasteiger partial charge in [0.2, 0.25) is 5.60 Å². The third kappa shape index (κ3) is 4.15. The van der Waals surface area contributed by atoms with Crippen molar-refractivity contribution in [1.82, 2.24) is 0 Å². The fourth-order valence-corrected chi connectivity index (χ4v) is 2.50. The molecule has 1 aliphatic rings. The van der Waals surface area contributed by atoms with Crippen LogP contribution < -0.4 is 0 Å². The van der Waals surface area contributed by atoms with Crippen LogP contribution >= 0.6 is 0 Å². The molecule has 0 amide bonds. The molecular formula is C14H24O7. The Morgan fingerprint density at radius 2 is 1.76 bits per heavy atom. The molecule has 0 saturated carbocycles. The Balaban J connectivity index is 2.58. The number of aliphatic hydroxyl groups is 3. The van der Waals surface area contributed by atoms with Crippen molar-refractivity contribution in [3.63, 3.8) is 0 Å². The lowest BCUT2D eigenvalue weighted by molar-refractivity contribution is -0.184. The quantitative estimate of drug-likeness (QED) is 0.354. The lowest BCUT2D eigenvalue weighted by Crippen LogP contribution is -2.54. The fraction of sp³-hybridized carbons (Fsp3) is 0.857. The van der Waals surface area contributed by atoms with Crippen molar-refractivity contribution in [3.05, 3.63) is 0 Å². The van der Waals surface area contributed by atoms with Gasteiger partial charge in [0, 0.05) is 0 Å². The third-order valence-electron chi connectivity index (χ3n) is 3.87. The fourth-order valence-electron chi connectivity index (χ4n) is 2.50. The van der Waals surface area contributed by atoms with E-state index in [4.69, 9.17) is 0 Å². The maximum absolute atomic E-state index is 11.3. The summed E-state index contributed by atoms with van der Waals surface area (Å²) in [5.41, 5.74) is -2.38. The van der Waals surface area contributed by atoms with Gasteiger partial charge in [-0.2, -0.15) is 0 Å². The molecule has 7 heteroatoms. The Morgan fingerprint density at radius 1 is 1.19 bits per heavy atom. The zero-order valence-electron chi connectivity index (χ0n) is 12.2. The minimum atomic E-state index is -2.38. The van der Waals surface area contributed by atoms with Gasteiger partial charge in [-0.15, -0.1) is 0 Å². The third-order valence-corrected chi connectivity index (χ3v) is 3.87. The average Bonchev–Trinajstić information content (AvgIpc) is 2.70. The molecule has 0 radical (unpaired) electrons. The summed E-state index contributed by atoms with van der Waals surface area (Å²) in [6.45, 7) is 2.09. The van der Waals surface area contributed by atoms with E-state index in [1.165, 1.54) is 0 Å². The van der Waals surface area contributed by atoms with Gasteiger partial charge in [-0.3, -0.25) is 0 Å². The summed E-state index contributed by atoms with van der Waals surface area (Å²) in [5.74, 6) is -2.68. The van der Waals surface area contributed by atoms with Crippen molar-refractivity contribution in [2.24, 2.45) is 0 Å². The molecule has 21 heavy (non-hydrogen) atoms. The summed E-state index contributed by atoms with van der Waals surface area (Å²) >= 11 is 0. The topological polar surface area (TPSA) is 124 Å². The molecule has 1 saturated heterocycles. The Morgan fingerprint density at radius 3 is 2.24 bits per heavy atom. The number of carbonyl (C=O) groups is 2. The molecule has 0 spiro atoms. The van der Waals surface area contributed by atoms with Crippen molar-refractivity contribution in [1.29, 1.82) is 0 Å². The summed E-state index contributed by atoms with van der Waals surface area (Å²) in [6.07, 6.45) is 0.0162. The molecular weight excluding hydrogens is 280 g/mol. The smallest absolute Gasteiger partial charge is 0.339 e. The maximum atomic E-state index is 11.3. The molecule has 0 aromatic rings. The number of aliphatic hydroxyl groups excluding tert-OH is 2. The first-order chi connectivity index (χ1) is 9.84. The lowest BCUT2D eigenvalue weighted by atomic mass is 9.86. The van der Waals surface area contributed by atoms with E-state index in [9.17, 15) is 30.0 Å². The molecule has 1 rings (SSSR count). The second kappa shape index (κ2) is 7.72. The van der Waals surface area contributed by atoms with Gasteiger partial charge >= 0.3 is 11.9 Å². The monoisotopic (exact) mass is 304 g/mol. The molecule has 1 fully saturated rings. The van der Waals surface area contributed by atoms with Crippen LogP contribution in [0, 0.1) is 0 Å². The van der Waals surface area contributed by atoms with E-state index in [0.717, 1.165) is 32.1 Å². The number of carbonyl (C=O) groups excluding carboxylic acids is 1. The maximum Gasteiger partial charge on any atom is 0.339 e. The average molecular weight is 304 g/mol. The highest BCUT2D eigenvalue weighted by Crippen LogP contribution is 2.30. The number of esters is 1. The van der Waals surface area contributed by atoms with Crippen LogP contribution in [0.3, 0.4) is 0 Å². The van der Waals surface area contributed by atoms with E-state index in [2.05, 4.69) is 11.7 Å². The molecule has 122 valence electrons. The predicted octanol–water partition coefficient (Wildman–Crippen LogP) is 0.200. The Kier molecular flexibility index (Phi) is 6.57. The van der Waals surface area contributed by atoms with Crippen molar-refractivity contribution >= 4 is 11.9 Å². The predicted molar refractivity (Wildman–Crippen MR) is 72.5 cm³/mol. The largest absolute Gasteiger partial charge is 0.479 e. The second-order valence-corrected chi connectivity index (χ2v) is 5.54.